The summed E-state index contributed by atoms with van der Waals surface area (Å²) >= 11 is 0. The molecule has 0 aliphatic rings. The topological polar surface area (TPSA) is 136 Å². The number of anilines is 1. The SMILES string of the molecule is C/C(=N\Nc1ccc([N+](=O)[O-])cc1[N+](=O)[O-])c1cnc2ccccc2n1. The Balaban J connectivity index is 1.90. The molecular weight excluding hydrogens is 340 g/mol. The van der Waals surface area contributed by atoms with Crippen LogP contribution in [0.5, 0.6) is 0 Å². The number of hydrazone groups is 1. The molecule has 3 rings (SSSR count). The van der Waals surface area contributed by atoms with Crippen molar-refractivity contribution >= 4 is 33.8 Å². The molecule has 0 unspecified atom stereocenters. The molecule has 1 N–H and O–H groups in total. The summed E-state index contributed by atoms with van der Waals surface area (Å²) in [7, 11) is 0. The summed E-state index contributed by atoms with van der Waals surface area (Å²) in [5, 5.41) is 26.0. The number of rotatable bonds is 5. The highest BCUT2D eigenvalue weighted by molar-refractivity contribution is 5.98. The summed E-state index contributed by atoms with van der Waals surface area (Å²) in [6.45, 7) is 1.67. The van der Waals surface area contributed by atoms with Crippen LogP contribution in [-0.2, 0) is 0 Å². The second-order valence-corrected chi connectivity index (χ2v) is 5.27. The normalized spacial score (nSPS) is 11.3. The first kappa shape index (κ1) is 16.9. The Labute approximate surface area is 146 Å². The van der Waals surface area contributed by atoms with Crippen LogP contribution in [0.2, 0.25) is 0 Å². The van der Waals surface area contributed by atoms with Crippen molar-refractivity contribution in [3.8, 4) is 0 Å². The summed E-state index contributed by atoms with van der Waals surface area (Å²) in [5.74, 6) is 0. The van der Waals surface area contributed by atoms with Crippen molar-refractivity contribution in [1.82, 2.24) is 9.97 Å². The number of para-hydroxylation sites is 2. The monoisotopic (exact) mass is 352 g/mol. The summed E-state index contributed by atoms with van der Waals surface area (Å²) in [5.41, 5.74) is 4.17. The molecule has 0 bridgehead atoms. The van der Waals surface area contributed by atoms with Crippen LogP contribution in [0.3, 0.4) is 0 Å². The van der Waals surface area contributed by atoms with Gasteiger partial charge < -0.3 is 0 Å². The fourth-order valence-corrected chi connectivity index (χ4v) is 2.21. The fourth-order valence-electron chi connectivity index (χ4n) is 2.21. The van der Waals surface area contributed by atoms with E-state index in [1.54, 1.807) is 13.1 Å². The van der Waals surface area contributed by atoms with Crippen molar-refractivity contribution in [2.75, 3.05) is 5.43 Å². The lowest BCUT2D eigenvalue weighted by Gasteiger charge is -2.05. The number of hydrogen-bond donors (Lipinski definition) is 1. The highest BCUT2D eigenvalue weighted by atomic mass is 16.6. The van der Waals surface area contributed by atoms with E-state index in [0.717, 1.165) is 17.6 Å². The lowest BCUT2D eigenvalue weighted by molar-refractivity contribution is -0.393. The Morgan fingerprint density at radius 2 is 1.81 bits per heavy atom. The van der Waals surface area contributed by atoms with Crippen molar-refractivity contribution in [2.45, 2.75) is 6.92 Å². The summed E-state index contributed by atoms with van der Waals surface area (Å²) in [6.07, 6.45) is 1.55. The molecule has 0 spiro atoms. The van der Waals surface area contributed by atoms with Crippen molar-refractivity contribution in [3.05, 3.63) is 74.6 Å². The molecule has 0 aliphatic heterocycles. The van der Waals surface area contributed by atoms with Crippen molar-refractivity contribution in [2.24, 2.45) is 5.10 Å². The Morgan fingerprint density at radius 3 is 2.50 bits per heavy atom. The van der Waals surface area contributed by atoms with Crippen molar-refractivity contribution in [1.29, 1.82) is 0 Å². The van der Waals surface area contributed by atoms with E-state index < -0.39 is 15.5 Å². The lowest BCUT2D eigenvalue weighted by Crippen LogP contribution is -2.05. The van der Waals surface area contributed by atoms with E-state index in [4.69, 9.17) is 0 Å². The Kier molecular flexibility index (Phi) is 4.48. The molecule has 10 heteroatoms. The highest BCUT2D eigenvalue weighted by Gasteiger charge is 2.19. The van der Waals surface area contributed by atoms with Crippen LogP contribution >= 0.6 is 0 Å². The molecule has 0 saturated carbocycles. The van der Waals surface area contributed by atoms with Crippen molar-refractivity contribution < 1.29 is 9.85 Å². The molecule has 1 aromatic heterocycles. The van der Waals surface area contributed by atoms with Crippen LogP contribution in [0.1, 0.15) is 12.6 Å². The third kappa shape index (κ3) is 3.43. The predicted molar refractivity (Wildman–Crippen MR) is 95.1 cm³/mol. The van der Waals surface area contributed by atoms with E-state index >= 15 is 0 Å². The van der Waals surface area contributed by atoms with Crippen LogP contribution in [0.4, 0.5) is 17.1 Å². The standard InChI is InChI=1S/C16H12N6O4/c1-10(15-9-17-12-4-2-3-5-13(12)18-15)19-20-14-7-6-11(21(23)24)8-16(14)22(25)26/h2-9,20H,1H3/b19-10+. The third-order valence-electron chi connectivity index (χ3n) is 3.55. The number of fused-ring (bicyclic) bond motifs is 1. The quantitative estimate of drug-likeness (QED) is 0.422. The Morgan fingerprint density at radius 1 is 1.08 bits per heavy atom. The number of non-ortho nitro benzene ring substituents is 1. The van der Waals surface area contributed by atoms with Gasteiger partial charge >= 0.3 is 5.69 Å². The molecule has 0 amide bonds. The molecule has 130 valence electrons. The van der Waals surface area contributed by atoms with Gasteiger partial charge in [-0.05, 0) is 25.1 Å². The minimum absolute atomic E-state index is 0.0358. The molecule has 0 saturated heterocycles. The van der Waals surface area contributed by atoms with Crippen LogP contribution in [0.25, 0.3) is 11.0 Å². The zero-order valence-corrected chi connectivity index (χ0v) is 13.5. The van der Waals surface area contributed by atoms with E-state index in [1.807, 2.05) is 24.3 Å². The summed E-state index contributed by atoms with van der Waals surface area (Å²) in [6, 6.07) is 10.6. The largest absolute Gasteiger partial charge is 0.301 e. The molecule has 26 heavy (non-hydrogen) atoms. The number of nitro benzene ring substituents is 2. The van der Waals surface area contributed by atoms with Gasteiger partial charge in [0.15, 0.2) is 0 Å². The maximum Gasteiger partial charge on any atom is 0.301 e. The smallest absolute Gasteiger partial charge is 0.271 e. The molecule has 10 nitrogen and oxygen atoms in total. The van der Waals surface area contributed by atoms with Gasteiger partial charge in [0.25, 0.3) is 5.69 Å². The first-order chi connectivity index (χ1) is 12.5. The highest BCUT2D eigenvalue weighted by Crippen LogP contribution is 2.29. The van der Waals surface area contributed by atoms with Crippen LogP contribution in [-0.4, -0.2) is 25.5 Å². The first-order valence-corrected chi connectivity index (χ1v) is 7.41. The Hall–Kier alpha value is -3.95. The molecule has 2 aromatic carbocycles. The van der Waals surface area contributed by atoms with Crippen molar-refractivity contribution in [3.63, 3.8) is 0 Å². The van der Waals surface area contributed by atoms with Gasteiger partial charge in [-0.1, -0.05) is 12.1 Å². The summed E-state index contributed by atoms with van der Waals surface area (Å²) in [4.78, 5) is 29.2. The number of hydrogen-bond acceptors (Lipinski definition) is 8. The molecule has 1 heterocycles. The molecule has 0 atom stereocenters. The predicted octanol–water partition coefficient (Wildman–Crippen LogP) is 3.28. The molecule has 3 aromatic rings. The van der Waals surface area contributed by atoms with Gasteiger partial charge in [0.1, 0.15) is 11.4 Å². The van der Waals surface area contributed by atoms with E-state index in [-0.39, 0.29) is 11.4 Å². The molecule has 0 fully saturated rings. The van der Waals surface area contributed by atoms with E-state index in [9.17, 15) is 20.2 Å². The first-order valence-electron chi connectivity index (χ1n) is 7.41. The molecular formula is C16H12N6O4. The average Bonchev–Trinajstić information content (AvgIpc) is 2.65. The number of nitro groups is 2. The molecule has 0 aliphatic carbocycles. The zero-order chi connectivity index (χ0) is 18.7. The zero-order valence-electron chi connectivity index (χ0n) is 13.5. The maximum absolute atomic E-state index is 11.1. The van der Waals surface area contributed by atoms with Gasteiger partial charge in [-0.25, -0.2) is 4.98 Å². The lowest BCUT2D eigenvalue weighted by atomic mass is 10.2. The van der Waals surface area contributed by atoms with Gasteiger partial charge in [0, 0.05) is 6.07 Å². The van der Waals surface area contributed by atoms with E-state index in [2.05, 4.69) is 20.5 Å². The maximum atomic E-state index is 11.1. The van der Waals surface area contributed by atoms with Gasteiger partial charge in [-0.2, -0.15) is 5.10 Å². The number of aromatic nitrogens is 2. The van der Waals surface area contributed by atoms with Gasteiger partial charge in [-0.15, -0.1) is 0 Å². The minimum Gasteiger partial charge on any atom is -0.271 e. The van der Waals surface area contributed by atoms with E-state index in [0.29, 0.717) is 16.9 Å². The van der Waals surface area contributed by atoms with Gasteiger partial charge in [0.05, 0.1) is 38.9 Å². The Bertz CT molecular complexity index is 1050. The summed E-state index contributed by atoms with van der Waals surface area (Å²) < 4.78 is 0. The third-order valence-corrected chi connectivity index (χ3v) is 3.55. The number of nitrogens with one attached hydrogen (secondary N) is 1. The van der Waals surface area contributed by atoms with Gasteiger partial charge in [-0.3, -0.25) is 30.6 Å². The van der Waals surface area contributed by atoms with E-state index in [1.165, 1.54) is 6.07 Å². The van der Waals surface area contributed by atoms with Crippen LogP contribution < -0.4 is 5.43 Å². The number of benzene rings is 2. The van der Waals surface area contributed by atoms with Crippen LogP contribution in [0.15, 0.2) is 53.8 Å². The van der Waals surface area contributed by atoms with Crippen LogP contribution in [0, 0.1) is 20.2 Å². The number of nitrogens with zero attached hydrogens (tertiary/aromatic N) is 5. The fraction of sp³-hybridized carbons (Fsp3) is 0.0625. The average molecular weight is 352 g/mol. The van der Waals surface area contributed by atoms with Gasteiger partial charge in [0.2, 0.25) is 0 Å². The minimum atomic E-state index is -0.712. The second kappa shape index (κ2) is 6.89. The second-order valence-electron chi connectivity index (χ2n) is 5.27. The molecule has 0 radical (unpaired) electrons.